The number of halogens is 1. The van der Waals surface area contributed by atoms with Crippen molar-refractivity contribution in [3.63, 3.8) is 0 Å². The molecule has 0 aliphatic heterocycles. The Balaban J connectivity index is 2.21. The van der Waals surface area contributed by atoms with Crippen molar-refractivity contribution < 1.29 is 0 Å². The molecule has 0 unspecified atom stereocenters. The van der Waals surface area contributed by atoms with Gasteiger partial charge in [0.1, 0.15) is 5.15 Å². The monoisotopic (exact) mass is 215 g/mol. The molecule has 0 spiro atoms. The molecule has 1 aromatic rings. The van der Waals surface area contributed by atoms with Crippen molar-refractivity contribution in [2.45, 2.75) is 45.6 Å². The number of rotatable bonds is 6. The summed E-state index contributed by atoms with van der Waals surface area (Å²) >= 11 is 5.92. The molecule has 3 nitrogen and oxygen atoms in total. The molecule has 0 fully saturated rings. The molecule has 0 saturated carbocycles. The maximum atomic E-state index is 5.92. The predicted molar refractivity (Wildman–Crippen MR) is 60.4 cm³/mol. The van der Waals surface area contributed by atoms with Gasteiger partial charge in [0.15, 0.2) is 0 Å². The van der Waals surface area contributed by atoms with Crippen LogP contribution in [0, 0.1) is 0 Å². The number of nitrogen functional groups attached to an aromatic ring is 1. The standard InChI is InChI=1S/C10H18ClN3/c1-2-3-4-5-6-7-14-10(11)9(12)8-13-14/h8H,2-7,12H2,1H3. The van der Waals surface area contributed by atoms with Gasteiger partial charge in [-0.25, -0.2) is 0 Å². The highest BCUT2D eigenvalue weighted by atomic mass is 35.5. The van der Waals surface area contributed by atoms with Crippen molar-refractivity contribution in [3.8, 4) is 0 Å². The van der Waals surface area contributed by atoms with Crippen LogP contribution in [-0.2, 0) is 6.54 Å². The Morgan fingerprint density at radius 3 is 2.64 bits per heavy atom. The number of anilines is 1. The van der Waals surface area contributed by atoms with Gasteiger partial charge in [0.05, 0.1) is 11.9 Å². The largest absolute Gasteiger partial charge is 0.395 e. The van der Waals surface area contributed by atoms with Gasteiger partial charge in [-0.15, -0.1) is 0 Å². The Kier molecular flexibility index (Phi) is 4.80. The van der Waals surface area contributed by atoms with Crippen LogP contribution in [0.1, 0.15) is 39.0 Å². The Labute approximate surface area is 90.2 Å². The van der Waals surface area contributed by atoms with Gasteiger partial charge < -0.3 is 5.73 Å². The number of hydrogen-bond acceptors (Lipinski definition) is 2. The molecule has 80 valence electrons. The summed E-state index contributed by atoms with van der Waals surface area (Å²) in [5.41, 5.74) is 6.15. The summed E-state index contributed by atoms with van der Waals surface area (Å²) < 4.78 is 1.77. The van der Waals surface area contributed by atoms with Gasteiger partial charge in [0.2, 0.25) is 0 Å². The minimum absolute atomic E-state index is 0.570. The van der Waals surface area contributed by atoms with Crippen LogP contribution in [0.5, 0.6) is 0 Å². The van der Waals surface area contributed by atoms with E-state index >= 15 is 0 Å². The highest BCUT2D eigenvalue weighted by molar-refractivity contribution is 6.31. The van der Waals surface area contributed by atoms with Crippen molar-refractivity contribution in [3.05, 3.63) is 11.3 Å². The van der Waals surface area contributed by atoms with Crippen molar-refractivity contribution in [1.82, 2.24) is 9.78 Å². The number of aromatic nitrogens is 2. The highest BCUT2D eigenvalue weighted by Gasteiger charge is 2.03. The Bertz CT molecular complexity index is 270. The van der Waals surface area contributed by atoms with Crippen LogP contribution >= 0.6 is 11.6 Å². The smallest absolute Gasteiger partial charge is 0.150 e. The van der Waals surface area contributed by atoms with E-state index in [4.69, 9.17) is 17.3 Å². The summed E-state index contributed by atoms with van der Waals surface area (Å²) in [6.45, 7) is 3.09. The third kappa shape index (κ3) is 3.22. The molecule has 0 radical (unpaired) electrons. The van der Waals surface area contributed by atoms with E-state index in [1.54, 1.807) is 10.9 Å². The lowest BCUT2D eigenvalue weighted by molar-refractivity contribution is 0.534. The summed E-state index contributed by atoms with van der Waals surface area (Å²) in [5, 5.41) is 4.66. The third-order valence-corrected chi connectivity index (χ3v) is 2.69. The van der Waals surface area contributed by atoms with Gasteiger partial charge >= 0.3 is 0 Å². The van der Waals surface area contributed by atoms with Gasteiger partial charge in [-0.1, -0.05) is 44.2 Å². The molecule has 2 N–H and O–H groups in total. The first-order valence-corrected chi connectivity index (χ1v) is 5.60. The van der Waals surface area contributed by atoms with E-state index in [2.05, 4.69) is 12.0 Å². The second-order valence-corrected chi connectivity index (χ2v) is 3.89. The summed E-state index contributed by atoms with van der Waals surface area (Å²) in [4.78, 5) is 0. The number of nitrogens with two attached hydrogens (primary N) is 1. The predicted octanol–water partition coefficient (Wildman–Crippen LogP) is 3.09. The van der Waals surface area contributed by atoms with Gasteiger partial charge in [0.25, 0.3) is 0 Å². The van der Waals surface area contributed by atoms with E-state index in [1.807, 2.05) is 0 Å². The average Bonchev–Trinajstić information content (AvgIpc) is 2.49. The first-order chi connectivity index (χ1) is 6.75. The quantitative estimate of drug-likeness (QED) is 0.742. The first-order valence-electron chi connectivity index (χ1n) is 5.22. The van der Waals surface area contributed by atoms with E-state index in [-0.39, 0.29) is 0 Å². The first kappa shape index (κ1) is 11.4. The van der Waals surface area contributed by atoms with Crippen molar-refractivity contribution >= 4 is 17.3 Å². The molecule has 0 saturated heterocycles. The minimum Gasteiger partial charge on any atom is -0.395 e. The lowest BCUT2D eigenvalue weighted by atomic mass is 10.1. The second kappa shape index (κ2) is 5.91. The Morgan fingerprint density at radius 1 is 1.36 bits per heavy atom. The summed E-state index contributed by atoms with van der Waals surface area (Å²) in [6.07, 6.45) is 7.86. The molecule has 0 aliphatic rings. The number of aryl methyl sites for hydroxylation is 1. The molecule has 1 heterocycles. The molecule has 0 bridgehead atoms. The zero-order valence-electron chi connectivity index (χ0n) is 8.67. The number of hydrogen-bond donors (Lipinski definition) is 1. The lowest BCUT2D eigenvalue weighted by Gasteiger charge is -2.02. The lowest BCUT2D eigenvalue weighted by Crippen LogP contribution is -2.00. The van der Waals surface area contributed by atoms with Crippen molar-refractivity contribution in [2.75, 3.05) is 5.73 Å². The van der Waals surface area contributed by atoms with E-state index in [9.17, 15) is 0 Å². The summed E-state index contributed by atoms with van der Waals surface area (Å²) in [7, 11) is 0. The van der Waals surface area contributed by atoms with Crippen LogP contribution in [0.2, 0.25) is 5.15 Å². The molecule has 4 heteroatoms. The maximum Gasteiger partial charge on any atom is 0.150 e. The van der Waals surface area contributed by atoms with Gasteiger partial charge in [-0.3, -0.25) is 4.68 Å². The third-order valence-electron chi connectivity index (χ3n) is 2.27. The average molecular weight is 216 g/mol. The van der Waals surface area contributed by atoms with Crippen molar-refractivity contribution in [2.24, 2.45) is 0 Å². The normalized spacial score (nSPS) is 10.7. The fourth-order valence-electron chi connectivity index (χ4n) is 1.41. The van der Waals surface area contributed by atoms with Crippen molar-refractivity contribution in [1.29, 1.82) is 0 Å². The minimum atomic E-state index is 0.570. The SMILES string of the molecule is CCCCCCCn1ncc(N)c1Cl. The highest BCUT2D eigenvalue weighted by Crippen LogP contribution is 2.17. The van der Waals surface area contributed by atoms with Crippen LogP contribution in [0.15, 0.2) is 6.20 Å². The van der Waals surface area contributed by atoms with E-state index in [0.29, 0.717) is 10.8 Å². The molecule has 1 aromatic heterocycles. The maximum absolute atomic E-state index is 5.92. The van der Waals surface area contributed by atoms with Gasteiger partial charge in [0, 0.05) is 6.54 Å². The van der Waals surface area contributed by atoms with Crippen LogP contribution < -0.4 is 5.73 Å². The summed E-state index contributed by atoms with van der Waals surface area (Å²) in [6, 6.07) is 0. The second-order valence-electron chi connectivity index (χ2n) is 3.53. The van der Waals surface area contributed by atoms with E-state index < -0.39 is 0 Å². The zero-order valence-corrected chi connectivity index (χ0v) is 9.43. The van der Waals surface area contributed by atoms with Gasteiger partial charge in [-0.2, -0.15) is 5.10 Å². The molecule has 1 rings (SSSR count). The molecule has 0 aromatic carbocycles. The number of unbranched alkanes of at least 4 members (excludes halogenated alkanes) is 4. The van der Waals surface area contributed by atoms with E-state index in [0.717, 1.165) is 13.0 Å². The Hall–Kier alpha value is -0.700. The summed E-state index contributed by atoms with van der Waals surface area (Å²) in [5.74, 6) is 0. The molecular weight excluding hydrogens is 198 g/mol. The fraction of sp³-hybridized carbons (Fsp3) is 0.700. The van der Waals surface area contributed by atoms with Crippen LogP contribution in [0.4, 0.5) is 5.69 Å². The number of nitrogens with zero attached hydrogens (tertiary/aromatic N) is 2. The molecule has 0 atom stereocenters. The van der Waals surface area contributed by atoms with Gasteiger partial charge in [-0.05, 0) is 6.42 Å². The molecular formula is C10H18ClN3. The van der Waals surface area contributed by atoms with Crippen LogP contribution in [0.3, 0.4) is 0 Å². The van der Waals surface area contributed by atoms with Crippen LogP contribution in [0.25, 0.3) is 0 Å². The van der Waals surface area contributed by atoms with E-state index in [1.165, 1.54) is 25.7 Å². The molecule has 0 aliphatic carbocycles. The molecule has 0 amide bonds. The van der Waals surface area contributed by atoms with Crippen LogP contribution in [-0.4, -0.2) is 9.78 Å². The zero-order chi connectivity index (χ0) is 10.4. The Morgan fingerprint density at radius 2 is 2.07 bits per heavy atom. The topological polar surface area (TPSA) is 43.8 Å². The molecule has 14 heavy (non-hydrogen) atoms. The fourth-order valence-corrected chi connectivity index (χ4v) is 1.58.